The lowest BCUT2D eigenvalue weighted by molar-refractivity contribution is -0.146. The number of allylic oxidation sites excluding steroid dienone is 3. The molecular formula is C12H22O3. The van der Waals surface area contributed by atoms with Crippen molar-refractivity contribution in [3.05, 3.63) is 24.3 Å². The van der Waals surface area contributed by atoms with Crippen molar-refractivity contribution in [2.75, 3.05) is 6.61 Å². The minimum Gasteiger partial charge on any atom is -0.390 e. The van der Waals surface area contributed by atoms with Crippen molar-refractivity contribution in [1.29, 1.82) is 0 Å². The van der Waals surface area contributed by atoms with Crippen LogP contribution in [-0.2, 0) is 0 Å². The van der Waals surface area contributed by atoms with Crippen molar-refractivity contribution in [2.24, 2.45) is 0 Å². The second-order valence-electron chi connectivity index (χ2n) is 3.67. The number of rotatable bonds is 8. The molecule has 0 amide bonds. The summed E-state index contributed by atoms with van der Waals surface area (Å²) in [5.74, 6) is -2.09. The molecule has 0 saturated carbocycles. The Morgan fingerprint density at radius 2 is 1.80 bits per heavy atom. The van der Waals surface area contributed by atoms with Gasteiger partial charge >= 0.3 is 0 Å². The van der Waals surface area contributed by atoms with Crippen molar-refractivity contribution < 1.29 is 15.3 Å². The van der Waals surface area contributed by atoms with Gasteiger partial charge in [-0.25, -0.2) is 0 Å². The Morgan fingerprint density at radius 3 is 2.40 bits per heavy atom. The molecule has 88 valence electrons. The summed E-state index contributed by atoms with van der Waals surface area (Å²) in [6, 6.07) is 0. The SMILES string of the molecule is CCCCCCC=CC=CC(O)(O)CO. The summed E-state index contributed by atoms with van der Waals surface area (Å²) in [4.78, 5) is 0. The van der Waals surface area contributed by atoms with Gasteiger partial charge in [-0.05, 0) is 18.9 Å². The average molecular weight is 214 g/mol. The first-order valence-electron chi connectivity index (χ1n) is 5.52. The molecule has 3 N–H and O–H groups in total. The second-order valence-corrected chi connectivity index (χ2v) is 3.67. The summed E-state index contributed by atoms with van der Waals surface area (Å²) in [5, 5.41) is 26.5. The van der Waals surface area contributed by atoms with Gasteiger partial charge in [0.05, 0.1) is 0 Å². The van der Waals surface area contributed by atoms with E-state index in [2.05, 4.69) is 6.92 Å². The van der Waals surface area contributed by atoms with E-state index < -0.39 is 12.4 Å². The van der Waals surface area contributed by atoms with Crippen molar-refractivity contribution in [3.8, 4) is 0 Å². The van der Waals surface area contributed by atoms with E-state index in [0.717, 1.165) is 12.5 Å². The summed E-state index contributed by atoms with van der Waals surface area (Å²) >= 11 is 0. The van der Waals surface area contributed by atoms with Crippen molar-refractivity contribution in [2.45, 2.75) is 44.8 Å². The van der Waals surface area contributed by atoms with Crippen LogP contribution in [0.5, 0.6) is 0 Å². The first-order chi connectivity index (χ1) is 7.12. The smallest absolute Gasteiger partial charge is 0.207 e. The van der Waals surface area contributed by atoms with E-state index >= 15 is 0 Å². The normalized spacial score (nSPS) is 13.1. The van der Waals surface area contributed by atoms with Gasteiger partial charge in [-0.1, -0.05) is 44.4 Å². The molecule has 0 spiro atoms. The average Bonchev–Trinajstić information content (AvgIpc) is 2.22. The third kappa shape index (κ3) is 9.66. The van der Waals surface area contributed by atoms with Crippen molar-refractivity contribution in [1.82, 2.24) is 0 Å². The van der Waals surface area contributed by atoms with Crippen LogP contribution >= 0.6 is 0 Å². The van der Waals surface area contributed by atoms with E-state index in [1.165, 1.54) is 31.8 Å². The maximum absolute atomic E-state index is 8.98. The minimum absolute atomic E-state index is 0.687. The Kier molecular flexibility index (Phi) is 8.28. The number of unbranched alkanes of at least 4 members (excludes halogenated alkanes) is 4. The van der Waals surface area contributed by atoms with Gasteiger partial charge in [-0.3, -0.25) is 0 Å². The van der Waals surface area contributed by atoms with E-state index in [9.17, 15) is 0 Å². The lowest BCUT2D eigenvalue weighted by Gasteiger charge is -2.11. The lowest BCUT2D eigenvalue weighted by atomic mass is 10.1. The molecule has 0 saturated heterocycles. The van der Waals surface area contributed by atoms with Gasteiger partial charge < -0.3 is 15.3 Å². The predicted molar refractivity (Wildman–Crippen MR) is 61.3 cm³/mol. The van der Waals surface area contributed by atoms with E-state index in [1.807, 2.05) is 6.08 Å². The van der Waals surface area contributed by atoms with Crippen LogP contribution in [0.2, 0.25) is 0 Å². The largest absolute Gasteiger partial charge is 0.390 e. The maximum Gasteiger partial charge on any atom is 0.207 e. The molecule has 0 aromatic carbocycles. The highest BCUT2D eigenvalue weighted by Gasteiger charge is 2.15. The zero-order valence-electron chi connectivity index (χ0n) is 9.39. The molecule has 15 heavy (non-hydrogen) atoms. The van der Waals surface area contributed by atoms with Crippen LogP contribution in [0.4, 0.5) is 0 Å². The predicted octanol–water partition coefficient (Wildman–Crippen LogP) is 1.74. The molecule has 0 aromatic heterocycles. The number of hydrogen-bond acceptors (Lipinski definition) is 3. The molecule has 0 bridgehead atoms. The highest BCUT2D eigenvalue weighted by molar-refractivity contribution is 5.06. The molecule has 0 aromatic rings. The molecule has 0 atom stereocenters. The van der Waals surface area contributed by atoms with Crippen LogP contribution in [0.1, 0.15) is 39.0 Å². The van der Waals surface area contributed by atoms with Crippen molar-refractivity contribution >= 4 is 0 Å². The summed E-state index contributed by atoms with van der Waals surface area (Å²) in [7, 11) is 0. The Balaban J connectivity index is 3.53. The van der Waals surface area contributed by atoms with E-state index in [0.29, 0.717) is 0 Å². The lowest BCUT2D eigenvalue weighted by Crippen LogP contribution is -2.29. The molecule has 0 fully saturated rings. The first-order valence-corrected chi connectivity index (χ1v) is 5.52. The van der Waals surface area contributed by atoms with E-state index in [-0.39, 0.29) is 0 Å². The minimum atomic E-state index is -2.09. The highest BCUT2D eigenvalue weighted by Crippen LogP contribution is 2.03. The van der Waals surface area contributed by atoms with Crippen LogP contribution in [0, 0.1) is 0 Å². The second kappa shape index (κ2) is 8.65. The Hall–Kier alpha value is -0.640. The number of aliphatic hydroxyl groups excluding tert-OH is 1. The number of hydrogen-bond donors (Lipinski definition) is 3. The van der Waals surface area contributed by atoms with Crippen LogP contribution in [-0.4, -0.2) is 27.7 Å². The summed E-state index contributed by atoms with van der Waals surface area (Å²) in [5.41, 5.74) is 0. The van der Waals surface area contributed by atoms with E-state index in [1.54, 1.807) is 6.08 Å². The summed E-state index contributed by atoms with van der Waals surface area (Å²) in [6.07, 6.45) is 12.4. The van der Waals surface area contributed by atoms with Crippen LogP contribution in [0.3, 0.4) is 0 Å². The third-order valence-electron chi connectivity index (χ3n) is 2.07. The van der Waals surface area contributed by atoms with Gasteiger partial charge in [0.2, 0.25) is 5.79 Å². The van der Waals surface area contributed by atoms with Gasteiger partial charge in [0.1, 0.15) is 6.61 Å². The Bertz CT molecular complexity index is 195. The monoisotopic (exact) mass is 214 g/mol. The van der Waals surface area contributed by atoms with Crippen molar-refractivity contribution in [3.63, 3.8) is 0 Å². The van der Waals surface area contributed by atoms with Crippen LogP contribution < -0.4 is 0 Å². The quantitative estimate of drug-likeness (QED) is 0.328. The van der Waals surface area contributed by atoms with E-state index in [4.69, 9.17) is 15.3 Å². The molecule has 3 heteroatoms. The zero-order chi connectivity index (χ0) is 11.6. The maximum atomic E-state index is 8.98. The van der Waals surface area contributed by atoms with Gasteiger partial charge in [0.25, 0.3) is 0 Å². The van der Waals surface area contributed by atoms with Gasteiger partial charge in [0.15, 0.2) is 0 Å². The Labute approximate surface area is 91.8 Å². The molecular weight excluding hydrogens is 192 g/mol. The topological polar surface area (TPSA) is 60.7 Å². The zero-order valence-corrected chi connectivity index (χ0v) is 9.39. The van der Waals surface area contributed by atoms with Gasteiger partial charge in [-0.15, -0.1) is 0 Å². The standard InChI is InChI=1S/C12H22O3/c1-2-3-4-5-6-7-8-9-10-12(14,15)11-13/h7-10,13-15H,2-6,11H2,1H3. The fraction of sp³-hybridized carbons (Fsp3) is 0.667. The first kappa shape index (κ1) is 14.4. The Morgan fingerprint density at radius 1 is 1.07 bits per heavy atom. The summed E-state index contributed by atoms with van der Waals surface area (Å²) in [6.45, 7) is 1.49. The molecule has 0 heterocycles. The third-order valence-corrected chi connectivity index (χ3v) is 2.07. The van der Waals surface area contributed by atoms with Gasteiger partial charge in [0, 0.05) is 0 Å². The van der Waals surface area contributed by atoms with Crippen LogP contribution in [0.15, 0.2) is 24.3 Å². The van der Waals surface area contributed by atoms with Gasteiger partial charge in [-0.2, -0.15) is 0 Å². The highest BCUT2D eigenvalue weighted by atomic mass is 16.5. The molecule has 0 aliphatic rings. The fourth-order valence-corrected chi connectivity index (χ4v) is 1.13. The molecule has 0 unspecified atom stereocenters. The van der Waals surface area contributed by atoms with Crippen LogP contribution in [0.25, 0.3) is 0 Å². The summed E-state index contributed by atoms with van der Waals surface area (Å²) < 4.78 is 0. The molecule has 0 rings (SSSR count). The molecule has 3 nitrogen and oxygen atoms in total. The molecule has 0 aliphatic heterocycles. The molecule has 0 radical (unpaired) electrons. The molecule has 0 aliphatic carbocycles. The fourth-order valence-electron chi connectivity index (χ4n) is 1.13. The number of aliphatic hydroxyl groups is 3.